The van der Waals surface area contributed by atoms with E-state index in [4.69, 9.17) is 26.3 Å². The van der Waals surface area contributed by atoms with Gasteiger partial charge in [0.1, 0.15) is 16.6 Å². The molecule has 2 aliphatic rings. The first-order valence-corrected chi connectivity index (χ1v) is 16.5. The smallest absolute Gasteiger partial charge is 0.410 e. The van der Waals surface area contributed by atoms with Crippen molar-refractivity contribution in [2.24, 2.45) is 0 Å². The summed E-state index contributed by atoms with van der Waals surface area (Å²) in [5, 5.41) is 10.9. The van der Waals surface area contributed by atoms with Crippen LogP contribution in [-0.2, 0) is 4.74 Å². The van der Waals surface area contributed by atoms with E-state index >= 15 is 4.39 Å². The van der Waals surface area contributed by atoms with Crippen LogP contribution in [0.15, 0.2) is 30.6 Å². The van der Waals surface area contributed by atoms with E-state index in [0.29, 0.717) is 52.3 Å². The Hall–Kier alpha value is -3.94. The van der Waals surface area contributed by atoms with Gasteiger partial charge in [-0.05, 0) is 85.7 Å². The third-order valence-corrected chi connectivity index (χ3v) is 10.4. The molecule has 248 valence electrons. The van der Waals surface area contributed by atoms with Crippen LogP contribution in [0.3, 0.4) is 0 Å². The molecular formula is C36H43ClFN7O2. The van der Waals surface area contributed by atoms with E-state index in [1.54, 1.807) is 4.90 Å². The van der Waals surface area contributed by atoms with Gasteiger partial charge < -0.3 is 24.0 Å². The minimum atomic E-state index is -0.642. The normalized spacial score (nSPS) is 19.7. The van der Waals surface area contributed by atoms with Crippen molar-refractivity contribution in [3.8, 4) is 17.2 Å². The predicted octanol–water partition coefficient (Wildman–Crippen LogP) is 7.66. The minimum absolute atomic E-state index is 0.0450. The molecule has 11 heteroatoms. The number of imidazole rings is 1. The summed E-state index contributed by atoms with van der Waals surface area (Å²) in [6.07, 6.45) is 2.76. The van der Waals surface area contributed by atoms with Gasteiger partial charge in [0.2, 0.25) is 0 Å². The van der Waals surface area contributed by atoms with Gasteiger partial charge in [0, 0.05) is 48.2 Å². The van der Waals surface area contributed by atoms with E-state index in [9.17, 15) is 10.1 Å². The lowest BCUT2D eigenvalue weighted by Crippen LogP contribution is -2.67. The van der Waals surface area contributed by atoms with Gasteiger partial charge >= 0.3 is 6.09 Å². The maximum Gasteiger partial charge on any atom is 0.410 e. The molecule has 1 amide bonds. The number of likely N-dealkylation sites (N-methyl/N-ethyl adjacent to an activating group) is 1. The molecule has 2 aromatic heterocycles. The highest BCUT2D eigenvalue weighted by molar-refractivity contribution is 6.34. The highest BCUT2D eigenvalue weighted by atomic mass is 35.5. The van der Waals surface area contributed by atoms with Gasteiger partial charge in [0.15, 0.2) is 11.6 Å². The van der Waals surface area contributed by atoms with E-state index in [1.165, 1.54) is 0 Å². The van der Waals surface area contributed by atoms with Crippen LogP contribution >= 0.6 is 11.6 Å². The molecule has 0 unspecified atom stereocenters. The van der Waals surface area contributed by atoms with Crippen molar-refractivity contribution in [2.45, 2.75) is 84.0 Å². The van der Waals surface area contributed by atoms with Crippen molar-refractivity contribution in [1.29, 1.82) is 5.26 Å². The Labute approximate surface area is 280 Å². The van der Waals surface area contributed by atoms with Crippen LogP contribution in [0, 0.1) is 31.0 Å². The van der Waals surface area contributed by atoms with Gasteiger partial charge in [0.05, 0.1) is 34.9 Å². The number of nitrogens with zero attached hydrogens (tertiary/aromatic N) is 7. The molecular weight excluding hydrogens is 617 g/mol. The van der Waals surface area contributed by atoms with E-state index < -0.39 is 17.5 Å². The van der Waals surface area contributed by atoms with E-state index in [2.05, 4.69) is 41.5 Å². The Balaban J connectivity index is 1.51. The summed E-state index contributed by atoms with van der Waals surface area (Å²) in [6.45, 7) is 13.4. The molecule has 2 fully saturated rings. The molecule has 0 radical (unpaired) electrons. The lowest BCUT2D eigenvalue weighted by Gasteiger charge is -2.52. The molecule has 2 aromatic carbocycles. The third-order valence-electron chi connectivity index (χ3n) is 9.86. The zero-order valence-corrected chi connectivity index (χ0v) is 29.2. The van der Waals surface area contributed by atoms with Crippen molar-refractivity contribution in [2.75, 3.05) is 38.6 Å². The topological polar surface area (TPSA) is 90.5 Å². The van der Waals surface area contributed by atoms with Crippen LogP contribution in [0.4, 0.5) is 15.0 Å². The number of aryl methyl sites for hydroxylation is 2. The molecule has 2 aliphatic heterocycles. The average Bonchev–Trinajstić information content (AvgIpc) is 3.42. The number of amides is 1. The monoisotopic (exact) mass is 659 g/mol. The van der Waals surface area contributed by atoms with E-state index in [1.807, 2.05) is 65.2 Å². The van der Waals surface area contributed by atoms with Gasteiger partial charge in [-0.25, -0.2) is 19.2 Å². The SMILES string of the molecule is Cc1cccc(-c2c(C)cc3c(nc(N4CC(C)(N(C)C)C4)c4ncn([C@H]5CCN(C(=O)OC(C)(C)C)[C@H](CC#N)C5)c43)c2F)c1Cl. The van der Waals surface area contributed by atoms with Crippen LogP contribution < -0.4 is 4.90 Å². The number of pyridine rings is 1. The van der Waals surface area contributed by atoms with Crippen molar-refractivity contribution < 1.29 is 13.9 Å². The lowest BCUT2D eigenvalue weighted by atomic mass is 9.90. The predicted molar refractivity (Wildman–Crippen MR) is 184 cm³/mol. The fourth-order valence-corrected chi connectivity index (χ4v) is 7.25. The number of nitriles is 1. The van der Waals surface area contributed by atoms with Crippen LogP contribution in [0.1, 0.15) is 64.1 Å². The Morgan fingerprint density at radius 2 is 1.94 bits per heavy atom. The number of hydrogen-bond donors (Lipinski definition) is 0. The fourth-order valence-electron chi connectivity index (χ4n) is 7.03. The molecule has 2 atom stereocenters. The van der Waals surface area contributed by atoms with Gasteiger partial charge in [-0.1, -0.05) is 29.8 Å². The summed E-state index contributed by atoms with van der Waals surface area (Å²) >= 11 is 6.74. The molecule has 0 aliphatic carbocycles. The molecule has 0 N–H and O–H groups in total. The van der Waals surface area contributed by atoms with Crippen LogP contribution in [0.2, 0.25) is 5.02 Å². The van der Waals surface area contributed by atoms with E-state index in [-0.39, 0.29) is 29.6 Å². The molecule has 9 nitrogen and oxygen atoms in total. The zero-order chi connectivity index (χ0) is 34.0. The van der Waals surface area contributed by atoms with Crippen molar-refractivity contribution in [3.63, 3.8) is 0 Å². The maximum absolute atomic E-state index is 16.9. The second-order valence-electron chi connectivity index (χ2n) is 14.6. The largest absolute Gasteiger partial charge is 0.444 e. The summed E-state index contributed by atoms with van der Waals surface area (Å²) in [5.41, 5.74) is 3.80. The number of aromatic nitrogens is 3. The Kier molecular flexibility index (Phi) is 8.38. The number of likely N-dealkylation sites (tertiary alicyclic amines) is 1. The molecule has 0 spiro atoms. The third kappa shape index (κ3) is 5.78. The number of piperidine rings is 1. The quantitative estimate of drug-likeness (QED) is 0.217. The van der Waals surface area contributed by atoms with Crippen molar-refractivity contribution in [3.05, 3.63) is 52.6 Å². The second-order valence-corrected chi connectivity index (χ2v) is 15.0. The summed E-state index contributed by atoms with van der Waals surface area (Å²) in [5.74, 6) is 0.232. The summed E-state index contributed by atoms with van der Waals surface area (Å²) in [7, 11) is 4.13. The average molecular weight is 660 g/mol. The Morgan fingerprint density at radius 1 is 1.21 bits per heavy atom. The number of carbonyl (C=O) groups is 1. The number of halogens is 2. The van der Waals surface area contributed by atoms with E-state index in [0.717, 1.165) is 29.7 Å². The van der Waals surface area contributed by atoms with Crippen molar-refractivity contribution >= 4 is 45.4 Å². The molecule has 4 aromatic rings. The first kappa shape index (κ1) is 33.0. The van der Waals surface area contributed by atoms with Crippen LogP contribution in [0.25, 0.3) is 33.1 Å². The number of carbonyl (C=O) groups excluding carboxylic acids is 1. The number of fused-ring (bicyclic) bond motifs is 3. The highest BCUT2D eigenvalue weighted by Gasteiger charge is 2.43. The van der Waals surface area contributed by atoms with Gasteiger partial charge in [-0.15, -0.1) is 0 Å². The number of hydrogen-bond acceptors (Lipinski definition) is 7. The molecule has 2 saturated heterocycles. The number of benzene rings is 2. The maximum atomic E-state index is 16.9. The number of anilines is 1. The van der Waals surface area contributed by atoms with Crippen LogP contribution in [-0.4, -0.2) is 81.3 Å². The van der Waals surface area contributed by atoms with Crippen LogP contribution in [0.5, 0.6) is 0 Å². The standard InChI is InChI=1S/C36H43ClFN7O2/c1-21-10-9-11-25(28(21)37)27-22(2)16-26-30(29(27)38)41-33(43-18-36(6,19-43)42(7)8)31-32(26)45(20-40-31)24-13-15-44(23(17-24)12-14-39)34(46)47-35(3,4)5/h9-11,16,20,23-24H,12-13,15,17-19H2,1-8H3/t23-,24+/m1/s1. The Morgan fingerprint density at radius 3 is 2.60 bits per heavy atom. The number of rotatable bonds is 5. The first-order valence-electron chi connectivity index (χ1n) is 16.2. The van der Waals surface area contributed by atoms with Gasteiger partial charge in [0.25, 0.3) is 0 Å². The second kappa shape index (κ2) is 11.9. The highest BCUT2D eigenvalue weighted by Crippen LogP contribution is 2.43. The molecule has 6 rings (SSSR count). The first-order chi connectivity index (χ1) is 22.1. The lowest BCUT2D eigenvalue weighted by molar-refractivity contribution is 0.00618. The van der Waals surface area contributed by atoms with Gasteiger partial charge in [-0.3, -0.25) is 0 Å². The summed E-state index contributed by atoms with van der Waals surface area (Å²) in [6, 6.07) is 9.50. The molecule has 4 heterocycles. The summed E-state index contributed by atoms with van der Waals surface area (Å²) in [4.78, 5) is 29.1. The minimum Gasteiger partial charge on any atom is -0.444 e. The zero-order valence-electron chi connectivity index (χ0n) is 28.5. The van der Waals surface area contributed by atoms with Crippen molar-refractivity contribution in [1.82, 2.24) is 24.3 Å². The summed E-state index contributed by atoms with van der Waals surface area (Å²) < 4.78 is 24.7. The van der Waals surface area contributed by atoms with Gasteiger partial charge in [-0.2, -0.15) is 5.26 Å². The Bertz CT molecular complexity index is 1920. The fraction of sp³-hybridized carbons (Fsp3) is 0.500. The molecule has 0 bridgehead atoms. The number of ether oxygens (including phenoxy) is 1. The molecule has 0 saturated carbocycles. The molecule has 47 heavy (non-hydrogen) atoms.